The lowest BCUT2D eigenvalue weighted by atomic mass is 10.00. The molecule has 0 aliphatic heterocycles. The standard InChI is InChI=1S/C16H25NO/c1-4-9-17-15(14-10-12(14)2)11-13-7-5-6-8-16(13)18-3/h5-8,12,14-15,17H,4,9-11H2,1-3H3. The molecule has 0 heterocycles. The topological polar surface area (TPSA) is 21.3 Å². The molecule has 3 atom stereocenters. The molecular formula is C16H25NO. The van der Waals surface area contributed by atoms with E-state index in [9.17, 15) is 0 Å². The first-order chi connectivity index (χ1) is 8.76. The number of hydrogen-bond acceptors (Lipinski definition) is 2. The molecule has 1 aromatic rings. The van der Waals surface area contributed by atoms with E-state index in [0.717, 1.165) is 30.6 Å². The van der Waals surface area contributed by atoms with E-state index in [4.69, 9.17) is 4.74 Å². The molecule has 3 unspecified atom stereocenters. The summed E-state index contributed by atoms with van der Waals surface area (Å²) in [4.78, 5) is 0. The van der Waals surface area contributed by atoms with Crippen molar-refractivity contribution in [2.75, 3.05) is 13.7 Å². The van der Waals surface area contributed by atoms with Crippen LogP contribution in [-0.4, -0.2) is 19.7 Å². The molecule has 1 aromatic carbocycles. The van der Waals surface area contributed by atoms with Crippen molar-refractivity contribution in [2.45, 2.75) is 39.2 Å². The Morgan fingerprint density at radius 1 is 1.39 bits per heavy atom. The maximum atomic E-state index is 5.45. The molecule has 0 saturated heterocycles. The molecule has 1 saturated carbocycles. The van der Waals surface area contributed by atoms with Gasteiger partial charge in [-0.3, -0.25) is 0 Å². The Morgan fingerprint density at radius 3 is 2.72 bits per heavy atom. The first-order valence-corrected chi connectivity index (χ1v) is 7.11. The fourth-order valence-corrected chi connectivity index (χ4v) is 2.72. The fraction of sp³-hybridized carbons (Fsp3) is 0.625. The molecule has 18 heavy (non-hydrogen) atoms. The molecule has 1 aliphatic carbocycles. The Balaban J connectivity index is 2.03. The van der Waals surface area contributed by atoms with Crippen LogP contribution in [0.4, 0.5) is 0 Å². The molecule has 1 fully saturated rings. The van der Waals surface area contributed by atoms with Gasteiger partial charge in [0.05, 0.1) is 7.11 Å². The lowest BCUT2D eigenvalue weighted by molar-refractivity contribution is 0.397. The summed E-state index contributed by atoms with van der Waals surface area (Å²) in [5.74, 6) is 2.75. The zero-order chi connectivity index (χ0) is 13.0. The van der Waals surface area contributed by atoms with Crippen LogP contribution in [0.1, 0.15) is 32.3 Å². The van der Waals surface area contributed by atoms with Gasteiger partial charge >= 0.3 is 0 Å². The van der Waals surface area contributed by atoms with Crippen LogP contribution in [0.5, 0.6) is 5.75 Å². The number of methoxy groups -OCH3 is 1. The number of rotatable bonds is 7. The predicted octanol–water partition coefficient (Wildman–Crippen LogP) is 3.26. The average Bonchev–Trinajstić information content (AvgIpc) is 3.12. The third-order valence-electron chi connectivity index (χ3n) is 3.98. The van der Waals surface area contributed by atoms with E-state index in [1.165, 1.54) is 18.4 Å². The van der Waals surface area contributed by atoms with Crippen LogP contribution in [0.15, 0.2) is 24.3 Å². The zero-order valence-electron chi connectivity index (χ0n) is 11.8. The normalized spacial score (nSPS) is 23.7. The van der Waals surface area contributed by atoms with Gasteiger partial charge in [-0.15, -0.1) is 0 Å². The van der Waals surface area contributed by atoms with Crippen molar-refractivity contribution in [2.24, 2.45) is 11.8 Å². The lowest BCUT2D eigenvalue weighted by Gasteiger charge is -2.20. The van der Waals surface area contributed by atoms with Gasteiger partial charge in [-0.2, -0.15) is 0 Å². The second kappa shape index (κ2) is 6.24. The predicted molar refractivity (Wildman–Crippen MR) is 76.1 cm³/mol. The summed E-state index contributed by atoms with van der Waals surface area (Å²) < 4.78 is 5.45. The second-order valence-corrected chi connectivity index (χ2v) is 5.45. The van der Waals surface area contributed by atoms with E-state index in [2.05, 4.69) is 37.4 Å². The van der Waals surface area contributed by atoms with Crippen LogP contribution in [0, 0.1) is 11.8 Å². The summed E-state index contributed by atoms with van der Waals surface area (Å²) >= 11 is 0. The van der Waals surface area contributed by atoms with E-state index in [-0.39, 0.29) is 0 Å². The van der Waals surface area contributed by atoms with Gasteiger partial charge in [0.2, 0.25) is 0 Å². The van der Waals surface area contributed by atoms with Gasteiger partial charge in [-0.25, -0.2) is 0 Å². The monoisotopic (exact) mass is 247 g/mol. The highest BCUT2D eigenvalue weighted by Gasteiger charge is 2.39. The lowest BCUT2D eigenvalue weighted by Crippen LogP contribution is -2.34. The van der Waals surface area contributed by atoms with Gasteiger partial charge in [0.25, 0.3) is 0 Å². The van der Waals surface area contributed by atoms with E-state index in [1.54, 1.807) is 7.11 Å². The van der Waals surface area contributed by atoms with Gasteiger partial charge in [-0.1, -0.05) is 32.0 Å². The van der Waals surface area contributed by atoms with E-state index >= 15 is 0 Å². The smallest absolute Gasteiger partial charge is 0.122 e. The Labute approximate surface area is 111 Å². The second-order valence-electron chi connectivity index (χ2n) is 5.45. The number of hydrogen-bond donors (Lipinski definition) is 1. The molecule has 0 aromatic heterocycles. The van der Waals surface area contributed by atoms with Crippen LogP contribution in [-0.2, 0) is 6.42 Å². The highest BCUT2D eigenvalue weighted by molar-refractivity contribution is 5.34. The first-order valence-electron chi connectivity index (χ1n) is 7.11. The van der Waals surface area contributed by atoms with Crippen molar-refractivity contribution in [3.05, 3.63) is 29.8 Å². The number of nitrogens with one attached hydrogen (secondary N) is 1. The summed E-state index contributed by atoms with van der Waals surface area (Å²) in [5, 5.41) is 3.71. The van der Waals surface area contributed by atoms with Crippen LogP contribution in [0.2, 0.25) is 0 Å². The van der Waals surface area contributed by atoms with Crippen molar-refractivity contribution in [1.82, 2.24) is 5.32 Å². The Hall–Kier alpha value is -1.02. The molecule has 2 rings (SSSR count). The Kier molecular flexibility index (Phi) is 4.65. The Morgan fingerprint density at radius 2 is 2.11 bits per heavy atom. The van der Waals surface area contributed by atoms with Crippen LogP contribution < -0.4 is 10.1 Å². The maximum absolute atomic E-state index is 5.45. The van der Waals surface area contributed by atoms with Crippen molar-refractivity contribution in [1.29, 1.82) is 0 Å². The molecule has 2 nitrogen and oxygen atoms in total. The minimum atomic E-state index is 0.608. The van der Waals surface area contributed by atoms with E-state index in [0.29, 0.717) is 6.04 Å². The largest absolute Gasteiger partial charge is 0.496 e. The summed E-state index contributed by atoms with van der Waals surface area (Å²) in [6, 6.07) is 8.99. The molecule has 0 spiro atoms. The molecule has 100 valence electrons. The van der Waals surface area contributed by atoms with Gasteiger partial charge in [0, 0.05) is 6.04 Å². The number of ether oxygens (including phenoxy) is 1. The summed E-state index contributed by atoms with van der Waals surface area (Å²) in [6.07, 6.45) is 3.65. The SMILES string of the molecule is CCCNC(Cc1ccccc1OC)C1CC1C. The molecule has 1 aliphatic rings. The van der Waals surface area contributed by atoms with Gasteiger partial charge < -0.3 is 10.1 Å². The molecular weight excluding hydrogens is 222 g/mol. The highest BCUT2D eigenvalue weighted by atomic mass is 16.5. The number of para-hydroxylation sites is 1. The zero-order valence-corrected chi connectivity index (χ0v) is 11.8. The molecule has 2 heteroatoms. The van der Waals surface area contributed by atoms with Gasteiger partial charge in [0.1, 0.15) is 5.75 Å². The minimum absolute atomic E-state index is 0.608. The van der Waals surface area contributed by atoms with Crippen molar-refractivity contribution in [3.8, 4) is 5.75 Å². The summed E-state index contributed by atoms with van der Waals surface area (Å²) in [6.45, 7) is 5.69. The quantitative estimate of drug-likeness (QED) is 0.798. The minimum Gasteiger partial charge on any atom is -0.496 e. The molecule has 0 bridgehead atoms. The van der Waals surface area contributed by atoms with Gasteiger partial charge in [-0.05, 0) is 49.3 Å². The van der Waals surface area contributed by atoms with Gasteiger partial charge in [0.15, 0.2) is 0 Å². The summed E-state index contributed by atoms with van der Waals surface area (Å²) in [7, 11) is 1.76. The third kappa shape index (κ3) is 3.26. The van der Waals surface area contributed by atoms with Crippen LogP contribution >= 0.6 is 0 Å². The van der Waals surface area contributed by atoms with Crippen LogP contribution in [0.25, 0.3) is 0 Å². The number of benzene rings is 1. The fourth-order valence-electron chi connectivity index (χ4n) is 2.72. The Bertz CT molecular complexity index is 377. The first kappa shape index (κ1) is 13.4. The molecule has 0 radical (unpaired) electrons. The van der Waals surface area contributed by atoms with E-state index < -0.39 is 0 Å². The van der Waals surface area contributed by atoms with Crippen molar-refractivity contribution < 1.29 is 4.74 Å². The highest BCUT2D eigenvalue weighted by Crippen LogP contribution is 2.42. The molecule has 1 N–H and O–H groups in total. The van der Waals surface area contributed by atoms with Crippen molar-refractivity contribution in [3.63, 3.8) is 0 Å². The summed E-state index contributed by atoms with van der Waals surface area (Å²) in [5.41, 5.74) is 1.33. The third-order valence-corrected chi connectivity index (χ3v) is 3.98. The van der Waals surface area contributed by atoms with E-state index in [1.807, 2.05) is 6.07 Å². The van der Waals surface area contributed by atoms with Crippen molar-refractivity contribution >= 4 is 0 Å². The van der Waals surface area contributed by atoms with Crippen LogP contribution in [0.3, 0.4) is 0 Å². The average molecular weight is 247 g/mol. The molecule has 0 amide bonds. The maximum Gasteiger partial charge on any atom is 0.122 e.